The third-order valence-corrected chi connectivity index (χ3v) is 2.42. The van der Waals surface area contributed by atoms with Gasteiger partial charge in [0.05, 0.1) is 16.7 Å². The molecule has 0 fully saturated rings. The van der Waals surface area contributed by atoms with Crippen molar-refractivity contribution < 1.29 is 9.21 Å². The molecular weight excluding hydrogens is 226 g/mol. The number of carbonyl (C=O) groups excluding carboxylic acids is 1. The van der Waals surface area contributed by atoms with E-state index in [0.717, 1.165) is 0 Å². The SMILES string of the molecule is N#Cc1ccc(-c2ccc(C=O)o2)c(Cl)c1. The molecule has 0 saturated carbocycles. The maximum Gasteiger partial charge on any atom is 0.185 e. The average molecular weight is 232 g/mol. The highest BCUT2D eigenvalue weighted by Crippen LogP contribution is 2.29. The number of benzene rings is 1. The van der Waals surface area contributed by atoms with Gasteiger partial charge in [0.25, 0.3) is 0 Å². The van der Waals surface area contributed by atoms with Gasteiger partial charge in [-0.3, -0.25) is 4.79 Å². The van der Waals surface area contributed by atoms with E-state index in [9.17, 15) is 4.79 Å². The molecule has 1 aromatic heterocycles. The van der Waals surface area contributed by atoms with Crippen molar-refractivity contribution in [2.24, 2.45) is 0 Å². The summed E-state index contributed by atoms with van der Waals surface area (Å²) in [7, 11) is 0. The second kappa shape index (κ2) is 4.21. The Balaban J connectivity index is 2.48. The summed E-state index contributed by atoms with van der Waals surface area (Å²) in [5.41, 5.74) is 1.14. The second-order valence-corrected chi connectivity index (χ2v) is 3.53. The van der Waals surface area contributed by atoms with E-state index < -0.39 is 0 Å². The fourth-order valence-electron chi connectivity index (χ4n) is 1.35. The van der Waals surface area contributed by atoms with E-state index in [1.165, 1.54) is 0 Å². The summed E-state index contributed by atoms with van der Waals surface area (Å²) in [6.07, 6.45) is 0.626. The Morgan fingerprint density at radius 2 is 2.12 bits per heavy atom. The molecule has 0 spiro atoms. The summed E-state index contributed by atoms with van der Waals surface area (Å²) in [4.78, 5) is 10.5. The van der Waals surface area contributed by atoms with Crippen LogP contribution in [0.15, 0.2) is 34.7 Å². The Hall–Kier alpha value is -2.05. The van der Waals surface area contributed by atoms with Crippen molar-refractivity contribution in [3.8, 4) is 17.4 Å². The summed E-state index contributed by atoms with van der Waals surface area (Å²) in [6, 6.07) is 10.1. The van der Waals surface area contributed by atoms with Crippen LogP contribution in [0.4, 0.5) is 0 Å². The number of halogens is 1. The largest absolute Gasteiger partial charge is 0.453 e. The molecular formula is C12H6ClNO2. The maximum absolute atomic E-state index is 10.5. The summed E-state index contributed by atoms with van der Waals surface area (Å²) < 4.78 is 5.24. The fraction of sp³-hybridized carbons (Fsp3) is 0. The van der Waals surface area contributed by atoms with E-state index in [1.807, 2.05) is 6.07 Å². The van der Waals surface area contributed by atoms with Crippen molar-refractivity contribution in [2.75, 3.05) is 0 Å². The van der Waals surface area contributed by atoms with Crippen molar-refractivity contribution in [2.45, 2.75) is 0 Å². The molecule has 0 aliphatic heterocycles. The number of nitrogens with zero attached hydrogens (tertiary/aromatic N) is 1. The highest BCUT2D eigenvalue weighted by Gasteiger charge is 2.08. The first-order valence-electron chi connectivity index (χ1n) is 4.49. The number of aldehydes is 1. The van der Waals surface area contributed by atoms with E-state index in [1.54, 1.807) is 30.3 Å². The van der Waals surface area contributed by atoms with E-state index >= 15 is 0 Å². The number of hydrogen-bond donors (Lipinski definition) is 0. The van der Waals surface area contributed by atoms with E-state index in [4.69, 9.17) is 21.3 Å². The van der Waals surface area contributed by atoms with Gasteiger partial charge in [-0.25, -0.2) is 0 Å². The molecule has 0 saturated heterocycles. The first-order chi connectivity index (χ1) is 7.74. The molecule has 4 heteroatoms. The number of rotatable bonds is 2. The highest BCUT2D eigenvalue weighted by molar-refractivity contribution is 6.33. The Bertz CT molecular complexity index is 581. The van der Waals surface area contributed by atoms with Crippen LogP contribution in [0.1, 0.15) is 16.1 Å². The lowest BCUT2D eigenvalue weighted by Gasteiger charge is -2.00. The van der Waals surface area contributed by atoms with Crippen molar-refractivity contribution in [3.63, 3.8) is 0 Å². The first kappa shape index (κ1) is 10.5. The van der Waals surface area contributed by atoms with E-state index in [2.05, 4.69) is 0 Å². The van der Waals surface area contributed by atoms with Gasteiger partial charge >= 0.3 is 0 Å². The van der Waals surface area contributed by atoms with Crippen LogP contribution in [0, 0.1) is 11.3 Å². The average Bonchev–Trinajstić information content (AvgIpc) is 2.77. The van der Waals surface area contributed by atoms with Gasteiger partial charge in [-0.1, -0.05) is 11.6 Å². The molecule has 0 aliphatic carbocycles. The molecule has 2 aromatic rings. The van der Waals surface area contributed by atoms with Crippen LogP contribution in [0.25, 0.3) is 11.3 Å². The number of furan rings is 1. The molecule has 0 amide bonds. The van der Waals surface area contributed by atoms with Crippen molar-refractivity contribution in [1.82, 2.24) is 0 Å². The van der Waals surface area contributed by atoms with Crippen LogP contribution in [-0.2, 0) is 0 Å². The molecule has 0 atom stereocenters. The topological polar surface area (TPSA) is 54.0 Å². The molecule has 0 radical (unpaired) electrons. The van der Waals surface area contributed by atoms with Gasteiger partial charge in [0.1, 0.15) is 5.76 Å². The van der Waals surface area contributed by atoms with Crippen LogP contribution in [0.2, 0.25) is 5.02 Å². The molecule has 0 aliphatic rings. The zero-order chi connectivity index (χ0) is 11.5. The Kier molecular flexibility index (Phi) is 2.76. The van der Waals surface area contributed by atoms with Crippen LogP contribution in [0.5, 0.6) is 0 Å². The molecule has 78 valence electrons. The Labute approximate surface area is 96.9 Å². The van der Waals surface area contributed by atoms with Gasteiger partial charge in [0.2, 0.25) is 0 Å². The smallest absolute Gasteiger partial charge is 0.185 e. The van der Waals surface area contributed by atoms with E-state index in [0.29, 0.717) is 28.2 Å². The fourth-order valence-corrected chi connectivity index (χ4v) is 1.62. The van der Waals surface area contributed by atoms with Gasteiger partial charge in [-0.15, -0.1) is 0 Å². The predicted octanol–water partition coefficient (Wildman–Crippen LogP) is 3.28. The molecule has 2 rings (SSSR count). The van der Waals surface area contributed by atoms with Gasteiger partial charge < -0.3 is 4.42 Å². The highest BCUT2D eigenvalue weighted by atomic mass is 35.5. The van der Waals surface area contributed by atoms with Gasteiger partial charge in [-0.05, 0) is 30.3 Å². The third kappa shape index (κ3) is 1.83. The zero-order valence-electron chi connectivity index (χ0n) is 8.11. The first-order valence-corrected chi connectivity index (χ1v) is 4.87. The predicted molar refractivity (Wildman–Crippen MR) is 59.3 cm³/mol. The lowest BCUT2D eigenvalue weighted by atomic mass is 10.1. The Morgan fingerprint density at radius 1 is 1.31 bits per heavy atom. The minimum absolute atomic E-state index is 0.246. The summed E-state index contributed by atoms with van der Waals surface area (Å²) in [6.45, 7) is 0. The zero-order valence-corrected chi connectivity index (χ0v) is 8.86. The van der Waals surface area contributed by atoms with Crippen LogP contribution < -0.4 is 0 Å². The maximum atomic E-state index is 10.5. The lowest BCUT2D eigenvalue weighted by molar-refractivity contribution is 0.110. The van der Waals surface area contributed by atoms with Gasteiger partial charge in [0, 0.05) is 5.56 Å². The van der Waals surface area contributed by atoms with Crippen LogP contribution in [-0.4, -0.2) is 6.29 Å². The monoisotopic (exact) mass is 231 g/mol. The van der Waals surface area contributed by atoms with E-state index in [-0.39, 0.29) is 5.76 Å². The van der Waals surface area contributed by atoms with Gasteiger partial charge in [-0.2, -0.15) is 5.26 Å². The van der Waals surface area contributed by atoms with Crippen molar-refractivity contribution in [3.05, 3.63) is 46.7 Å². The minimum atomic E-state index is 0.246. The summed E-state index contributed by atoms with van der Waals surface area (Å²) in [5.74, 6) is 0.756. The summed E-state index contributed by atoms with van der Waals surface area (Å²) >= 11 is 6.00. The van der Waals surface area contributed by atoms with Crippen molar-refractivity contribution >= 4 is 17.9 Å². The van der Waals surface area contributed by atoms with Crippen LogP contribution in [0.3, 0.4) is 0 Å². The number of nitriles is 1. The molecule has 0 N–H and O–H groups in total. The molecule has 3 nitrogen and oxygen atoms in total. The minimum Gasteiger partial charge on any atom is -0.453 e. The van der Waals surface area contributed by atoms with Crippen LogP contribution >= 0.6 is 11.6 Å². The second-order valence-electron chi connectivity index (χ2n) is 3.13. The van der Waals surface area contributed by atoms with Gasteiger partial charge in [0.15, 0.2) is 12.0 Å². The third-order valence-electron chi connectivity index (χ3n) is 2.11. The molecule has 16 heavy (non-hydrogen) atoms. The lowest BCUT2D eigenvalue weighted by Crippen LogP contribution is -1.79. The Morgan fingerprint density at radius 3 is 2.69 bits per heavy atom. The summed E-state index contributed by atoms with van der Waals surface area (Å²) in [5, 5.41) is 9.11. The number of carbonyl (C=O) groups is 1. The normalized spacial score (nSPS) is 9.75. The standard InChI is InChI=1S/C12H6ClNO2/c13-11-5-8(6-14)1-3-10(11)12-4-2-9(7-15)16-12/h1-5,7H. The molecule has 1 aromatic carbocycles. The molecule has 1 heterocycles. The molecule has 0 unspecified atom stereocenters. The quantitative estimate of drug-likeness (QED) is 0.746. The molecule has 0 bridgehead atoms. The number of hydrogen-bond acceptors (Lipinski definition) is 3. The van der Waals surface area contributed by atoms with Crippen molar-refractivity contribution in [1.29, 1.82) is 5.26 Å².